The van der Waals surface area contributed by atoms with Crippen LogP contribution in [-0.4, -0.2) is 115 Å². The highest BCUT2D eigenvalue weighted by atomic mass is 35.5. The van der Waals surface area contributed by atoms with E-state index >= 15 is 0 Å². The summed E-state index contributed by atoms with van der Waals surface area (Å²) in [6.07, 6.45) is 4.70. The van der Waals surface area contributed by atoms with Gasteiger partial charge in [0.25, 0.3) is 0 Å². The van der Waals surface area contributed by atoms with E-state index in [2.05, 4.69) is 62.6 Å². The van der Waals surface area contributed by atoms with Gasteiger partial charge >= 0.3 is 0 Å². The molecule has 3 amide bonds. The van der Waals surface area contributed by atoms with Crippen LogP contribution in [0.1, 0.15) is 58.2 Å². The lowest BCUT2D eigenvalue weighted by Crippen LogP contribution is -2.47. The lowest BCUT2D eigenvalue weighted by atomic mass is 9.90. The Balaban J connectivity index is 0.000000449. The molecule has 4 aromatic rings. The van der Waals surface area contributed by atoms with E-state index in [-0.39, 0.29) is 23.6 Å². The van der Waals surface area contributed by atoms with Crippen LogP contribution in [0.5, 0.6) is 0 Å². The summed E-state index contributed by atoms with van der Waals surface area (Å²) >= 11 is 7.15. The zero-order valence-electron chi connectivity index (χ0n) is 33.2. The second-order valence-electron chi connectivity index (χ2n) is 15.4. The Bertz CT molecular complexity index is 2070. The van der Waals surface area contributed by atoms with E-state index in [0.29, 0.717) is 52.7 Å². The number of hydrogen-bond donors (Lipinski definition) is 3. The molecule has 3 N–H and O–H groups in total. The van der Waals surface area contributed by atoms with Gasteiger partial charge in [-0.05, 0) is 62.6 Å². The third kappa shape index (κ3) is 9.93. The summed E-state index contributed by atoms with van der Waals surface area (Å²) in [6, 6.07) is 16.0. The Morgan fingerprint density at radius 3 is 2.36 bits per heavy atom. The summed E-state index contributed by atoms with van der Waals surface area (Å²) in [6.45, 7) is 11.8. The number of aromatic nitrogens is 3. The van der Waals surface area contributed by atoms with Crippen LogP contribution in [0.3, 0.4) is 0 Å². The minimum atomic E-state index is -0.264. The maximum atomic E-state index is 13.1. The fraction of sp³-hybridized carbons (Fsp3) is 0.452. The molecular weight excluding hydrogens is 776 g/mol. The quantitative estimate of drug-likeness (QED) is 0.129. The Morgan fingerprint density at radius 2 is 1.72 bits per heavy atom. The lowest BCUT2D eigenvalue weighted by molar-refractivity contribution is -0.134. The molecule has 4 aliphatic rings. The predicted molar refractivity (Wildman–Crippen MR) is 229 cm³/mol. The number of hydrogen-bond acceptors (Lipinski definition) is 13. The van der Waals surface area contributed by atoms with Crippen LogP contribution < -0.4 is 25.8 Å². The number of nitrogens with one attached hydrogen (secondary N) is 3. The van der Waals surface area contributed by atoms with Gasteiger partial charge in [0, 0.05) is 95.8 Å². The van der Waals surface area contributed by atoms with Crippen LogP contribution in [0.25, 0.3) is 0 Å². The summed E-state index contributed by atoms with van der Waals surface area (Å²) in [4.78, 5) is 71.0. The summed E-state index contributed by atoms with van der Waals surface area (Å²) in [5.74, 6) is 2.76. The first-order valence-electron chi connectivity index (χ1n) is 20.0. The number of anilines is 5. The number of benzene rings is 2. The van der Waals surface area contributed by atoms with Gasteiger partial charge in [0.05, 0.1) is 27.7 Å². The molecule has 4 saturated heterocycles. The van der Waals surface area contributed by atoms with Crippen molar-refractivity contribution in [3.63, 3.8) is 0 Å². The van der Waals surface area contributed by atoms with Crippen molar-refractivity contribution in [2.24, 2.45) is 11.8 Å². The summed E-state index contributed by atoms with van der Waals surface area (Å²) in [5.41, 5.74) is 4.29. The summed E-state index contributed by atoms with van der Waals surface area (Å²) < 4.78 is 0. The molecule has 16 heteroatoms. The van der Waals surface area contributed by atoms with Crippen molar-refractivity contribution in [2.75, 3.05) is 86.4 Å². The number of fused-ring (bicyclic) bond motifs is 1. The van der Waals surface area contributed by atoms with Gasteiger partial charge in [-0.1, -0.05) is 47.2 Å². The number of aryl methyl sites for hydroxylation is 2. The van der Waals surface area contributed by atoms with Crippen molar-refractivity contribution in [1.82, 2.24) is 30.1 Å². The summed E-state index contributed by atoms with van der Waals surface area (Å²) in [7, 11) is 1.87. The van der Waals surface area contributed by atoms with E-state index < -0.39 is 0 Å². The van der Waals surface area contributed by atoms with E-state index in [9.17, 15) is 19.2 Å². The summed E-state index contributed by atoms with van der Waals surface area (Å²) in [5, 5.41) is 10.1. The average molecular weight is 827 g/mol. The second kappa shape index (κ2) is 18.6. The van der Waals surface area contributed by atoms with Crippen molar-refractivity contribution < 1.29 is 19.2 Å². The maximum Gasteiger partial charge on any atom is 0.234 e. The van der Waals surface area contributed by atoms with E-state index in [1.54, 1.807) is 6.20 Å². The average Bonchev–Trinajstić information content (AvgIpc) is 3.95. The maximum absolute atomic E-state index is 13.1. The molecule has 4 fully saturated rings. The first-order chi connectivity index (χ1) is 28.1. The first-order valence-corrected chi connectivity index (χ1v) is 21.2. The number of carbonyl (C=O) groups is 4. The highest BCUT2D eigenvalue weighted by Gasteiger charge is 2.41. The number of carbonyl (C=O) groups excluding carboxylic acids is 4. The van der Waals surface area contributed by atoms with Gasteiger partial charge in [-0.25, -0.2) is 15.0 Å². The van der Waals surface area contributed by atoms with Gasteiger partial charge in [0.1, 0.15) is 17.5 Å². The van der Waals surface area contributed by atoms with Crippen LogP contribution in [-0.2, 0) is 14.4 Å². The van der Waals surface area contributed by atoms with Crippen molar-refractivity contribution in [2.45, 2.75) is 45.4 Å². The Kier molecular flexibility index (Phi) is 13.2. The van der Waals surface area contributed by atoms with Crippen LogP contribution in [0.4, 0.5) is 28.1 Å². The smallest absolute Gasteiger partial charge is 0.234 e. The van der Waals surface area contributed by atoms with E-state index in [0.717, 1.165) is 99.4 Å². The first kappa shape index (κ1) is 41.1. The number of aldehydes is 1. The number of piperidine rings is 1. The number of thiazole rings is 1. The third-order valence-corrected chi connectivity index (χ3v) is 12.6. The van der Waals surface area contributed by atoms with E-state index in [1.165, 1.54) is 16.9 Å². The Labute approximate surface area is 348 Å². The number of amides is 3. The van der Waals surface area contributed by atoms with Crippen molar-refractivity contribution in [1.29, 1.82) is 0 Å². The van der Waals surface area contributed by atoms with Gasteiger partial charge in [-0.3, -0.25) is 29.4 Å². The molecule has 4 aliphatic heterocycles. The molecule has 0 aliphatic carbocycles. The Hall–Kier alpha value is -5.12. The van der Waals surface area contributed by atoms with Crippen LogP contribution in [0, 0.1) is 25.7 Å². The third-order valence-electron chi connectivity index (χ3n) is 11.5. The highest BCUT2D eigenvalue weighted by molar-refractivity contribution is 7.17. The second-order valence-corrected chi connectivity index (χ2v) is 16.9. The molecule has 8 rings (SSSR count). The molecule has 0 radical (unpaired) electrons. The fourth-order valence-electron chi connectivity index (χ4n) is 8.38. The normalized spacial score (nSPS) is 20.6. The largest absolute Gasteiger partial charge is 0.387 e. The molecule has 0 bridgehead atoms. The number of halogens is 1. The molecule has 3 atom stereocenters. The van der Waals surface area contributed by atoms with Crippen molar-refractivity contribution in [3.8, 4) is 0 Å². The molecular formula is C42H51ClN10O4S. The number of nitrogens with zero attached hydrogens (tertiary/aromatic N) is 7. The highest BCUT2D eigenvalue weighted by Crippen LogP contribution is 2.35. The van der Waals surface area contributed by atoms with Crippen molar-refractivity contribution >= 4 is 75.1 Å². The molecule has 306 valence electrons. The standard InChI is InChI=1S/C34H41N9O4S.C8H10ClN/c1-22-36-29(38-34-35-16-27(21-44)48-34)15-30(37-22)41-13-11-40(12-14-41)10-2-3-32(46)43-19-24-17-42(18-25(24)20-43)26-6-4-23(5-7-26)28-8-9-31(45)39-33(28)47;1-6-4-3-5-7(9)8(6)10-2/h4-7,15-16,21,24-25,28H,2-3,8-14,17-20H2,1H3,(H,39,45,47)(H,35,36,37,38);3-5,10H,1-2H3. The van der Waals surface area contributed by atoms with E-state index in [1.807, 2.05) is 57.3 Å². The molecule has 14 nitrogen and oxygen atoms in total. The predicted octanol–water partition coefficient (Wildman–Crippen LogP) is 5.50. The van der Waals surface area contributed by atoms with Gasteiger partial charge in [0.2, 0.25) is 17.7 Å². The zero-order valence-corrected chi connectivity index (χ0v) is 34.8. The van der Waals surface area contributed by atoms with Crippen LogP contribution in [0.15, 0.2) is 54.7 Å². The fourth-order valence-corrected chi connectivity index (χ4v) is 9.34. The number of imide groups is 1. The number of rotatable bonds is 11. The number of para-hydroxylation sites is 1. The molecule has 0 saturated carbocycles. The lowest BCUT2D eigenvalue weighted by Gasteiger charge is -2.35. The van der Waals surface area contributed by atoms with Gasteiger partial charge in [-0.15, -0.1) is 0 Å². The number of likely N-dealkylation sites (tertiary alicyclic amines) is 1. The van der Waals surface area contributed by atoms with Crippen LogP contribution in [0.2, 0.25) is 5.02 Å². The molecule has 0 spiro atoms. The monoisotopic (exact) mass is 826 g/mol. The van der Waals surface area contributed by atoms with Crippen LogP contribution >= 0.6 is 22.9 Å². The van der Waals surface area contributed by atoms with Gasteiger partial charge in [-0.2, -0.15) is 0 Å². The minimum absolute atomic E-state index is 0.192. The number of piperazine rings is 1. The Morgan fingerprint density at radius 1 is 0.983 bits per heavy atom. The topological polar surface area (TPSA) is 156 Å². The molecule has 2 aromatic heterocycles. The van der Waals surface area contributed by atoms with E-state index in [4.69, 9.17) is 11.6 Å². The zero-order chi connectivity index (χ0) is 40.8. The molecule has 3 unspecified atom stereocenters. The van der Waals surface area contributed by atoms with Gasteiger partial charge in [0.15, 0.2) is 11.4 Å². The van der Waals surface area contributed by atoms with Crippen molar-refractivity contribution in [3.05, 3.63) is 81.6 Å². The molecule has 6 heterocycles. The SMILES string of the molecule is CNc1c(C)cccc1Cl.Cc1nc(Nc2ncc(C=O)s2)cc(N2CCN(CCCC(=O)N3CC4CN(c5ccc(C6CCC(=O)NC6=O)cc5)CC4C3)CC2)n1. The molecule has 2 aromatic carbocycles. The van der Waals surface area contributed by atoms with Gasteiger partial charge < -0.3 is 25.3 Å². The molecule has 58 heavy (non-hydrogen) atoms. The minimum Gasteiger partial charge on any atom is -0.387 e.